The molecule has 0 saturated carbocycles. The maximum absolute atomic E-state index is 12.9. The number of phenols is 1. The van der Waals surface area contributed by atoms with Gasteiger partial charge in [-0.25, -0.2) is 4.79 Å². The van der Waals surface area contributed by atoms with Crippen LogP contribution in [0.5, 0.6) is 11.5 Å². The monoisotopic (exact) mass is 477 g/mol. The summed E-state index contributed by atoms with van der Waals surface area (Å²) in [4.78, 5) is 25.6. The minimum atomic E-state index is -0.532. The third kappa shape index (κ3) is 7.06. The molecule has 0 atom stereocenters. The van der Waals surface area contributed by atoms with Crippen LogP contribution in [0.4, 0.5) is 0 Å². The van der Waals surface area contributed by atoms with Gasteiger partial charge in [-0.2, -0.15) is 0 Å². The molecule has 0 aliphatic rings. The van der Waals surface area contributed by atoms with Crippen molar-refractivity contribution >= 4 is 16.8 Å². The van der Waals surface area contributed by atoms with Crippen molar-refractivity contribution in [3.63, 3.8) is 0 Å². The van der Waals surface area contributed by atoms with Crippen molar-refractivity contribution in [1.29, 1.82) is 0 Å². The van der Waals surface area contributed by atoms with Crippen molar-refractivity contribution in [3.8, 4) is 11.5 Å². The van der Waals surface area contributed by atoms with Crippen molar-refractivity contribution in [2.45, 2.75) is 59.9 Å². The number of benzene rings is 2. The third-order valence-electron chi connectivity index (χ3n) is 5.79. The van der Waals surface area contributed by atoms with Crippen molar-refractivity contribution in [3.05, 3.63) is 80.7 Å². The molecule has 3 aromatic rings. The van der Waals surface area contributed by atoms with Gasteiger partial charge < -0.3 is 19.6 Å². The standard InChI is InChI=1S/C29H35NO5/c1-18(2)7-8-21-15-22(9-11-25(21)31)26(32)17-24-16-23-10-12-27(20(5)28(23)35-29(24)33)34-14-6-13-30-19(3)4/h7,9-12,15-16,19,30-31H,6,8,13-14,17H2,1-5H3. The minimum absolute atomic E-state index is 0.0781. The number of hydrogen-bond acceptors (Lipinski definition) is 6. The number of nitrogens with one attached hydrogen (secondary N) is 1. The maximum Gasteiger partial charge on any atom is 0.339 e. The van der Waals surface area contributed by atoms with Gasteiger partial charge in [0, 0.05) is 34.5 Å². The lowest BCUT2D eigenvalue weighted by Crippen LogP contribution is -2.24. The van der Waals surface area contributed by atoms with Crippen LogP contribution >= 0.6 is 0 Å². The first-order chi connectivity index (χ1) is 16.7. The zero-order chi connectivity index (χ0) is 25.5. The molecule has 0 bridgehead atoms. The van der Waals surface area contributed by atoms with Gasteiger partial charge in [0.25, 0.3) is 0 Å². The highest BCUT2D eigenvalue weighted by molar-refractivity contribution is 5.98. The predicted octanol–water partition coefficient (Wildman–Crippen LogP) is 5.51. The largest absolute Gasteiger partial charge is 0.508 e. The number of rotatable bonds is 11. The summed E-state index contributed by atoms with van der Waals surface area (Å²) < 4.78 is 11.5. The van der Waals surface area contributed by atoms with Crippen molar-refractivity contribution in [1.82, 2.24) is 5.32 Å². The zero-order valence-electron chi connectivity index (χ0n) is 21.2. The Bertz CT molecular complexity index is 1280. The Kier molecular flexibility index (Phi) is 8.88. The van der Waals surface area contributed by atoms with Crippen LogP contribution in [0, 0.1) is 6.92 Å². The van der Waals surface area contributed by atoms with Crippen LogP contribution in [0.3, 0.4) is 0 Å². The number of ketones is 1. The second-order valence-corrected chi connectivity index (χ2v) is 9.41. The minimum Gasteiger partial charge on any atom is -0.508 e. The Morgan fingerprint density at radius 1 is 1.14 bits per heavy atom. The number of fused-ring (bicyclic) bond motifs is 1. The molecule has 3 rings (SSSR count). The van der Waals surface area contributed by atoms with Gasteiger partial charge in [0.05, 0.1) is 6.61 Å². The lowest BCUT2D eigenvalue weighted by molar-refractivity contribution is 0.0992. The Labute approximate surface area is 206 Å². The van der Waals surface area contributed by atoms with Crippen LogP contribution in [0.15, 0.2) is 57.3 Å². The molecule has 35 heavy (non-hydrogen) atoms. The Hall–Kier alpha value is -3.38. The Morgan fingerprint density at radius 3 is 2.63 bits per heavy atom. The van der Waals surface area contributed by atoms with Gasteiger partial charge in [0.15, 0.2) is 5.78 Å². The van der Waals surface area contributed by atoms with Crippen LogP contribution in [-0.4, -0.2) is 30.1 Å². The van der Waals surface area contributed by atoms with E-state index < -0.39 is 5.63 Å². The van der Waals surface area contributed by atoms with Gasteiger partial charge >= 0.3 is 5.63 Å². The van der Waals surface area contributed by atoms with Gasteiger partial charge in [0.2, 0.25) is 0 Å². The number of hydrogen-bond donors (Lipinski definition) is 2. The molecule has 1 heterocycles. The normalized spacial score (nSPS) is 11.1. The van der Waals surface area contributed by atoms with Gasteiger partial charge in [0.1, 0.15) is 17.1 Å². The number of aromatic hydroxyl groups is 1. The molecule has 6 heteroatoms. The number of phenolic OH excluding ortho intramolecular Hbond substituents is 1. The zero-order valence-corrected chi connectivity index (χ0v) is 21.2. The lowest BCUT2D eigenvalue weighted by atomic mass is 9.99. The van der Waals surface area contributed by atoms with Crippen LogP contribution in [0.1, 0.15) is 61.2 Å². The van der Waals surface area contributed by atoms with Crippen LogP contribution in [-0.2, 0) is 12.8 Å². The van der Waals surface area contributed by atoms with Crippen molar-refractivity contribution in [2.24, 2.45) is 0 Å². The van der Waals surface area contributed by atoms with Crippen LogP contribution in [0.2, 0.25) is 0 Å². The Balaban J connectivity index is 1.76. The first-order valence-electron chi connectivity index (χ1n) is 12.1. The first-order valence-corrected chi connectivity index (χ1v) is 12.1. The second-order valence-electron chi connectivity index (χ2n) is 9.41. The van der Waals surface area contributed by atoms with Crippen LogP contribution < -0.4 is 15.7 Å². The number of allylic oxidation sites excluding steroid dienone is 2. The highest BCUT2D eigenvalue weighted by Crippen LogP contribution is 2.27. The van der Waals surface area contributed by atoms with E-state index in [1.54, 1.807) is 18.2 Å². The molecular weight excluding hydrogens is 442 g/mol. The summed E-state index contributed by atoms with van der Waals surface area (Å²) in [6.45, 7) is 11.5. The molecule has 0 amide bonds. The summed E-state index contributed by atoms with van der Waals surface area (Å²) in [6, 6.07) is 10.7. The van der Waals surface area contributed by atoms with E-state index in [0.29, 0.717) is 47.1 Å². The van der Waals surface area contributed by atoms with Crippen molar-refractivity contribution in [2.75, 3.05) is 13.2 Å². The van der Waals surface area contributed by atoms with E-state index in [4.69, 9.17) is 9.15 Å². The number of carbonyl (C=O) groups is 1. The number of carbonyl (C=O) groups excluding carboxylic acids is 1. The van der Waals surface area contributed by atoms with Crippen LogP contribution in [0.25, 0.3) is 11.0 Å². The summed E-state index contributed by atoms with van der Waals surface area (Å²) in [5.41, 5.74) is 3.25. The second kappa shape index (κ2) is 11.8. The molecule has 1 aromatic heterocycles. The molecule has 0 aliphatic carbocycles. The Morgan fingerprint density at radius 2 is 1.91 bits per heavy atom. The summed E-state index contributed by atoms with van der Waals surface area (Å²) in [5.74, 6) is 0.623. The number of aryl methyl sites for hydroxylation is 1. The number of ether oxygens (including phenoxy) is 1. The van der Waals surface area contributed by atoms with E-state index in [1.807, 2.05) is 39.0 Å². The summed E-state index contributed by atoms with van der Waals surface area (Å²) in [6.07, 6.45) is 3.31. The van der Waals surface area contributed by atoms with Gasteiger partial charge in [-0.1, -0.05) is 25.5 Å². The fraction of sp³-hybridized carbons (Fsp3) is 0.379. The number of Topliss-reactive ketones (excluding diaryl/α,β-unsaturated/α-hetero) is 1. The molecule has 0 fully saturated rings. The first kappa shape index (κ1) is 26.2. The van der Waals surface area contributed by atoms with E-state index in [-0.39, 0.29) is 18.0 Å². The predicted molar refractivity (Wildman–Crippen MR) is 140 cm³/mol. The smallest absolute Gasteiger partial charge is 0.339 e. The molecule has 0 aliphatic heterocycles. The van der Waals surface area contributed by atoms with E-state index in [1.165, 1.54) is 6.07 Å². The summed E-state index contributed by atoms with van der Waals surface area (Å²) >= 11 is 0. The lowest BCUT2D eigenvalue weighted by Gasteiger charge is -2.12. The topological polar surface area (TPSA) is 88.8 Å². The van der Waals surface area contributed by atoms with E-state index in [0.717, 1.165) is 29.5 Å². The third-order valence-corrected chi connectivity index (χ3v) is 5.79. The molecule has 2 aromatic carbocycles. The SMILES string of the molecule is CC(C)=CCc1cc(C(=O)Cc2cc3ccc(OCCCNC(C)C)c(C)c3oc2=O)ccc1O. The molecule has 2 N–H and O–H groups in total. The molecule has 0 spiro atoms. The van der Waals surface area contributed by atoms with E-state index in [9.17, 15) is 14.7 Å². The quantitative estimate of drug-likeness (QED) is 0.164. The highest BCUT2D eigenvalue weighted by Gasteiger charge is 2.16. The summed E-state index contributed by atoms with van der Waals surface area (Å²) in [5, 5.41) is 14.2. The molecule has 0 radical (unpaired) electrons. The average Bonchev–Trinajstić information content (AvgIpc) is 2.80. The molecular formula is C29H35NO5. The fourth-order valence-electron chi connectivity index (χ4n) is 3.78. The van der Waals surface area contributed by atoms with E-state index >= 15 is 0 Å². The average molecular weight is 478 g/mol. The molecule has 6 nitrogen and oxygen atoms in total. The summed E-state index contributed by atoms with van der Waals surface area (Å²) in [7, 11) is 0. The van der Waals surface area contributed by atoms with Crippen molar-refractivity contribution < 1.29 is 19.1 Å². The van der Waals surface area contributed by atoms with Gasteiger partial charge in [-0.05, 0) is 82.1 Å². The maximum atomic E-state index is 12.9. The fourth-order valence-corrected chi connectivity index (χ4v) is 3.78. The van der Waals surface area contributed by atoms with E-state index in [2.05, 4.69) is 19.2 Å². The molecule has 0 saturated heterocycles. The van der Waals surface area contributed by atoms with Gasteiger partial charge in [-0.3, -0.25) is 4.79 Å². The molecule has 186 valence electrons. The molecule has 0 unspecified atom stereocenters. The highest BCUT2D eigenvalue weighted by atomic mass is 16.5. The van der Waals surface area contributed by atoms with Gasteiger partial charge in [-0.15, -0.1) is 0 Å².